The van der Waals surface area contributed by atoms with E-state index in [0.29, 0.717) is 23.1 Å². The Hall–Kier alpha value is -3.25. The first-order valence-corrected chi connectivity index (χ1v) is 12.4. The molecule has 0 radical (unpaired) electrons. The van der Waals surface area contributed by atoms with E-state index in [4.69, 9.17) is 25.8 Å². The van der Waals surface area contributed by atoms with Crippen LogP contribution in [0.15, 0.2) is 90.0 Å². The number of aromatic hydroxyl groups is 1. The Morgan fingerprint density at radius 1 is 0.944 bits per heavy atom. The lowest BCUT2D eigenvalue weighted by Crippen LogP contribution is -2.45. The van der Waals surface area contributed by atoms with E-state index in [-0.39, 0.29) is 5.75 Å². The lowest BCUT2D eigenvalue weighted by atomic mass is 9.87. The molecule has 186 valence electrons. The Bertz CT molecular complexity index is 1260. The lowest BCUT2D eigenvalue weighted by Gasteiger charge is -2.41. The summed E-state index contributed by atoms with van der Waals surface area (Å²) in [6, 6.07) is 22.0. The van der Waals surface area contributed by atoms with Crippen LogP contribution in [0.4, 0.5) is 0 Å². The third-order valence-electron chi connectivity index (χ3n) is 6.92. The van der Waals surface area contributed by atoms with Crippen molar-refractivity contribution < 1.29 is 19.3 Å². The smallest absolute Gasteiger partial charge is 0.200 e. The van der Waals surface area contributed by atoms with Crippen molar-refractivity contribution in [1.82, 2.24) is 4.90 Å². The molecule has 1 aliphatic heterocycles. The molecule has 1 unspecified atom stereocenters. The summed E-state index contributed by atoms with van der Waals surface area (Å²) < 4.78 is 17.8. The van der Waals surface area contributed by atoms with Crippen molar-refractivity contribution in [2.45, 2.75) is 31.7 Å². The molecule has 6 heteroatoms. The molecule has 1 N–H and O–H groups in total. The molecule has 1 heterocycles. The van der Waals surface area contributed by atoms with Gasteiger partial charge >= 0.3 is 0 Å². The van der Waals surface area contributed by atoms with E-state index in [9.17, 15) is 5.11 Å². The normalized spacial score (nSPS) is 19.4. The van der Waals surface area contributed by atoms with Gasteiger partial charge in [-0.15, -0.1) is 0 Å². The molecular formula is C30H30ClNO4. The van der Waals surface area contributed by atoms with Crippen molar-refractivity contribution in [3.05, 3.63) is 112 Å². The molecule has 3 aromatic rings. The molecule has 2 aliphatic rings. The van der Waals surface area contributed by atoms with E-state index in [1.165, 1.54) is 30.9 Å². The second kappa shape index (κ2) is 10.4. The number of benzene rings is 3. The van der Waals surface area contributed by atoms with Crippen molar-refractivity contribution in [3.8, 4) is 17.2 Å². The third-order valence-corrected chi connectivity index (χ3v) is 7.17. The van der Waals surface area contributed by atoms with E-state index in [0.717, 1.165) is 37.1 Å². The lowest BCUT2D eigenvalue weighted by molar-refractivity contribution is -0.138. The van der Waals surface area contributed by atoms with Gasteiger partial charge in [0.05, 0.1) is 20.8 Å². The van der Waals surface area contributed by atoms with Crippen molar-refractivity contribution >= 4 is 11.6 Å². The van der Waals surface area contributed by atoms with Crippen LogP contribution < -0.4 is 9.47 Å². The summed E-state index contributed by atoms with van der Waals surface area (Å²) in [5.74, 6) is 0.674. The average molecular weight is 504 g/mol. The zero-order chi connectivity index (χ0) is 25.1. The van der Waals surface area contributed by atoms with E-state index in [2.05, 4.69) is 53.5 Å². The Morgan fingerprint density at radius 2 is 1.64 bits per heavy atom. The Morgan fingerprint density at radius 3 is 2.31 bits per heavy atom. The van der Waals surface area contributed by atoms with Crippen molar-refractivity contribution in [3.63, 3.8) is 0 Å². The minimum atomic E-state index is -0.765. The van der Waals surface area contributed by atoms with Crippen LogP contribution >= 0.6 is 11.6 Å². The first-order valence-electron chi connectivity index (χ1n) is 12.1. The summed E-state index contributed by atoms with van der Waals surface area (Å²) in [5.41, 5.74) is 4.92. The van der Waals surface area contributed by atoms with Gasteiger partial charge in [0.2, 0.25) is 5.75 Å². The standard InChI is InChI=1S/C30H30ClNO4/c1-34-27-16-22(17-28(35-2)29(27)33)20-36-30(24-12-14-25(31)15-13-24)26-11-7-6-10-23(26)19-32(30)18-21-8-4-3-5-9-21/h3-6,8-10,12-17,33H,7,11,18-20H2,1-2H3. The number of phenolic OH excluding ortho intramolecular Hbond substituents is 1. The van der Waals surface area contributed by atoms with Crippen LogP contribution in [0.5, 0.6) is 17.2 Å². The molecular weight excluding hydrogens is 474 g/mol. The highest BCUT2D eigenvalue weighted by Crippen LogP contribution is 2.49. The van der Waals surface area contributed by atoms with Crippen LogP contribution in [-0.4, -0.2) is 30.8 Å². The van der Waals surface area contributed by atoms with Crippen molar-refractivity contribution in [2.75, 3.05) is 20.8 Å². The van der Waals surface area contributed by atoms with Gasteiger partial charge in [-0.2, -0.15) is 0 Å². The second-order valence-corrected chi connectivity index (χ2v) is 9.51. The van der Waals surface area contributed by atoms with Crippen molar-refractivity contribution in [2.24, 2.45) is 0 Å². The molecule has 0 bridgehead atoms. The van der Waals surface area contributed by atoms with E-state index in [1.807, 2.05) is 18.2 Å². The number of phenols is 1. The maximum atomic E-state index is 10.4. The summed E-state index contributed by atoms with van der Waals surface area (Å²) in [4.78, 5) is 2.40. The molecule has 0 spiro atoms. The van der Waals surface area contributed by atoms with Gasteiger partial charge in [0, 0.05) is 23.7 Å². The highest BCUT2D eigenvalue weighted by atomic mass is 35.5. The predicted octanol–water partition coefficient (Wildman–Crippen LogP) is 6.59. The minimum absolute atomic E-state index is 0.0230. The van der Waals surface area contributed by atoms with Crippen LogP contribution in [0, 0.1) is 0 Å². The zero-order valence-electron chi connectivity index (χ0n) is 20.5. The molecule has 0 saturated carbocycles. The van der Waals surface area contributed by atoms with Crippen LogP contribution in [0.2, 0.25) is 5.02 Å². The first kappa shape index (κ1) is 24.4. The van der Waals surface area contributed by atoms with Gasteiger partial charge < -0.3 is 19.3 Å². The molecule has 1 atom stereocenters. The molecule has 0 fully saturated rings. The summed E-state index contributed by atoms with van der Waals surface area (Å²) >= 11 is 6.29. The van der Waals surface area contributed by atoms with Crippen molar-refractivity contribution in [1.29, 1.82) is 0 Å². The molecule has 5 rings (SSSR count). The average Bonchev–Trinajstić information content (AvgIpc) is 3.22. The number of rotatable bonds is 8. The van der Waals surface area contributed by atoms with Crippen LogP contribution in [0.1, 0.15) is 29.5 Å². The zero-order valence-corrected chi connectivity index (χ0v) is 21.3. The maximum absolute atomic E-state index is 10.4. The molecule has 1 aliphatic carbocycles. The number of hydrogen-bond donors (Lipinski definition) is 1. The number of allylic oxidation sites excluding steroid dienone is 1. The van der Waals surface area contributed by atoms with Gasteiger partial charge in [0.15, 0.2) is 17.2 Å². The monoisotopic (exact) mass is 503 g/mol. The fraction of sp³-hybridized carbons (Fsp3) is 0.267. The summed E-state index contributed by atoms with van der Waals surface area (Å²) in [5, 5.41) is 11.1. The summed E-state index contributed by atoms with van der Waals surface area (Å²) in [6.07, 6.45) is 6.37. The van der Waals surface area contributed by atoms with Gasteiger partial charge in [-0.05, 0) is 59.4 Å². The second-order valence-electron chi connectivity index (χ2n) is 9.08. The first-order chi connectivity index (χ1) is 17.5. The summed E-state index contributed by atoms with van der Waals surface area (Å²) in [6.45, 7) is 1.81. The molecule has 3 aromatic carbocycles. The highest BCUT2D eigenvalue weighted by molar-refractivity contribution is 6.30. The fourth-order valence-corrected chi connectivity index (χ4v) is 5.37. The van der Waals surface area contributed by atoms with Gasteiger partial charge in [0.1, 0.15) is 0 Å². The number of ether oxygens (including phenoxy) is 3. The Labute approximate surface area is 217 Å². The SMILES string of the molecule is COc1cc(COC2(c3ccc(Cl)cc3)C3=C(C=CCC3)CN2Cc2ccccc2)cc(OC)c1O. The topological polar surface area (TPSA) is 51.2 Å². The molecule has 36 heavy (non-hydrogen) atoms. The van der Waals surface area contributed by atoms with Gasteiger partial charge in [0.25, 0.3) is 0 Å². The van der Waals surface area contributed by atoms with E-state index < -0.39 is 5.72 Å². The van der Waals surface area contributed by atoms with Gasteiger partial charge in [-0.1, -0.05) is 66.2 Å². The number of hydrogen-bond acceptors (Lipinski definition) is 5. The maximum Gasteiger partial charge on any atom is 0.200 e. The predicted molar refractivity (Wildman–Crippen MR) is 141 cm³/mol. The van der Waals surface area contributed by atoms with Crippen LogP contribution in [0.3, 0.4) is 0 Å². The van der Waals surface area contributed by atoms with E-state index >= 15 is 0 Å². The highest BCUT2D eigenvalue weighted by Gasteiger charge is 2.49. The minimum Gasteiger partial charge on any atom is -0.502 e. The Kier molecular flexibility index (Phi) is 7.06. The molecule has 0 amide bonds. The Balaban J connectivity index is 1.60. The molecule has 0 saturated heterocycles. The van der Waals surface area contributed by atoms with Crippen LogP contribution in [0.25, 0.3) is 0 Å². The largest absolute Gasteiger partial charge is 0.502 e. The quantitative estimate of drug-likeness (QED) is 0.375. The number of halogens is 1. The summed E-state index contributed by atoms with van der Waals surface area (Å²) in [7, 11) is 3.05. The number of nitrogens with zero attached hydrogens (tertiary/aromatic N) is 1. The number of methoxy groups -OCH3 is 2. The van der Waals surface area contributed by atoms with Crippen LogP contribution in [-0.2, 0) is 23.6 Å². The van der Waals surface area contributed by atoms with E-state index in [1.54, 1.807) is 12.1 Å². The molecule has 5 nitrogen and oxygen atoms in total. The third kappa shape index (κ3) is 4.50. The van der Waals surface area contributed by atoms with Gasteiger partial charge in [-0.3, -0.25) is 4.90 Å². The van der Waals surface area contributed by atoms with Gasteiger partial charge in [-0.25, -0.2) is 0 Å². The fourth-order valence-electron chi connectivity index (χ4n) is 5.24. The molecule has 0 aromatic heterocycles.